The lowest BCUT2D eigenvalue weighted by Gasteiger charge is -2.13. The van der Waals surface area contributed by atoms with Crippen LogP contribution in [0.3, 0.4) is 0 Å². The van der Waals surface area contributed by atoms with Gasteiger partial charge in [-0.1, -0.05) is 36.4 Å². The maximum atomic E-state index is 6.38. The lowest BCUT2D eigenvalue weighted by molar-refractivity contribution is 0.830. The van der Waals surface area contributed by atoms with Gasteiger partial charge in [-0.2, -0.15) is 11.3 Å². The standard InChI is InChI=1S/C25H22N4S/c26-24-21-4-2-1-3-19(21)15-22(25(24)27)18-6-8-20(9-7-18)29-13-12-28-23(29)10-5-17-11-14-30-16-17/h1-4,6-9,11-16H,5,10,26-27H2. The molecule has 5 heteroatoms. The summed E-state index contributed by atoms with van der Waals surface area (Å²) < 4.78 is 2.15. The summed E-state index contributed by atoms with van der Waals surface area (Å²) in [6.45, 7) is 0. The fraction of sp³-hybridized carbons (Fsp3) is 0.0800. The second kappa shape index (κ2) is 7.69. The number of nitrogens with two attached hydrogens (primary N) is 2. The van der Waals surface area contributed by atoms with Gasteiger partial charge in [-0.15, -0.1) is 0 Å². The molecule has 0 aliphatic carbocycles. The summed E-state index contributed by atoms with van der Waals surface area (Å²) in [7, 11) is 0. The molecule has 0 bridgehead atoms. The van der Waals surface area contributed by atoms with Crippen LogP contribution in [0.15, 0.2) is 83.8 Å². The molecule has 30 heavy (non-hydrogen) atoms. The van der Waals surface area contributed by atoms with Crippen molar-refractivity contribution >= 4 is 33.5 Å². The van der Waals surface area contributed by atoms with Crippen LogP contribution in [-0.2, 0) is 12.8 Å². The highest BCUT2D eigenvalue weighted by Crippen LogP contribution is 2.36. The Hall–Kier alpha value is -3.57. The average molecular weight is 411 g/mol. The van der Waals surface area contributed by atoms with Gasteiger partial charge in [-0.3, -0.25) is 0 Å². The van der Waals surface area contributed by atoms with E-state index in [1.807, 2.05) is 30.6 Å². The van der Waals surface area contributed by atoms with E-state index in [1.54, 1.807) is 11.3 Å². The number of nitrogen functional groups attached to an aromatic ring is 2. The second-order valence-electron chi connectivity index (χ2n) is 7.36. The predicted octanol–water partition coefficient (Wildman–Crippen LogP) is 5.70. The van der Waals surface area contributed by atoms with E-state index in [1.165, 1.54) is 5.56 Å². The largest absolute Gasteiger partial charge is 0.397 e. The summed E-state index contributed by atoms with van der Waals surface area (Å²) >= 11 is 1.73. The monoisotopic (exact) mass is 410 g/mol. The van der Waals surface area contributed by atoms with Crippen LogP contribution in [0.5, 0.6) is 0 Å². The first kappa shape index (κ1) is 18.5. The normalized spacial score (nSPS) is 11.2. The maximum Gasteiger partial charge on any atom is 0.113 e. The van der Waals surface area contributed by atoms with Gasteiger partial charge in [-0.25, -0.2) is 4.98 Å². The number of fused-ring (bicyclic) bond motifs is 1. The third-order valence-corrected chi connectivity index (χ3v) is 6.25. The Labute approximate surface area is 179 Å². The van der Waals surface area contributed by atoms with E-state index in [0.29, 0.717) is 11.4 Å². The molecule has 2 heterocycles. The van der Waals surface area contributed by atoms with Crippen LogP contribution in [0.4, 0.5) is 11.4 Å². The molecule has 148 valence electrons. The lowest BCUT2D eigenvalue weighted by Crippen LogP contribution is -2.02. The summed E-state index contributed by atoms with van der Waals surface area (Å²) in [5.74, 6) is 1.06. The number of thiophene rings is 1. The van der Waals surface area contributed by atoms with Crippen molar-refractivity contribution in [2.24, 2.45) is 0 Å². The number of nitrogens with zero attached hydrogens (tertiary/aromatic N) is 2. The van der Waals surface area contributed by atoms with Crippen LogP contribution in [0.25, 0.3) is 27.6 Å². The Morgan fingerprint density at radius 2 is 1.73 bits per heavy atom. The molecule has 3 aromatic carbocycles. The first-order valence-electron chi connectivity index (χ1n) is 9.91. The van der Waals surface area contributed by atoms with E-state index < -0.39 is 0 Å². The highest BCUT2D eigenvalue weighted by molar-refractivity contribution is 7.07. The number of hydrogen-bond donors (Lipinski definition) is 2. The molecule has 0 unspecified atom stereocenters. The predicted molar refractivity (Wildman–Crippen MR) is 127 cm³/mol. The van der Waals surface area contributed by atoms with E-state index >= 15 is 0 Å². The van der Waals surface area contributed by atoms with Gasteiger partial charge in [0.25, 0.3) is 0 Å². The van der Waals surface area contributed by atoms with Crippen molar-refractivity contribution < 1.29 is 0 Å². The molecule has 0 aliphatic rings. The van der Waals surface area contributed by atoms with Crippen molar-refractivity contribution in [3.8, 4) is 16.8 Å². The Morgan fingerprint density at radius 3 is 2.53 bits per heavy atom. The molecular weight excluding hydrogens is 388 g/mol. The zero-order valence-electron chi connectivity index (χ0n) is 16.5. The van der Waals surface area contributed by atoms with Gasteiger partial charge in [0, 0.05) is 35.5 Å². The SMILES string of the molecule is Nc1c(-c2ccc(-n3ccnc3CCc3ccsc3)cc2)cc2ccccc2c1N. The summed E-state index contributed by atoms with van der Waals surface area (Å²) in [6.07, 6.45) is 5.77. The fourth-order valence-corrected chi connectivity index (χ4v) is 4.58. The lowest BCUT2D eigenvalue weighted by atomic mass is 9.97. The Morgan fingerprint density at radius 1 is 0.900 bits per heavy atom. The van der Waals surface area contributed by atoms with Crippen LogP contribution in [-0.4, -0.2) is 9.55 Å². The zero-order valence-corrected chi connectivity index (χ0v) is 17.3. The van der Waals surface area contributed by atoms with Crippen LogP contribution in [0.2, 0.25) is 0 Å². The molecule has 0 radical (unpaired) electrons. The number of anilines is 2. The van der Waals surface area contributed by atoms with Crippen LogP contribution >= 0.6 is 11.3 Å². The van der Waals surface area contributed by atoms with Crippen LogP contribution < -0.4 is 11.5 Å². The van der Waals surface area contributed by atoms with Gasteiger partial charge < -0.3 is 16.0 Å². The Balaban J connectivity index is 1.45. The molecule has 0 saturated heterocycles. The van der Waals surface area contributed by atoms with Gasteiger partial charge in [0.2, 0.25) is 0 Å². The molecule has 0 fully saturated rings. The van der Waals surface area contributed by atoms with Crippen molar-refractivity contribution in [3.63, 3.8) is 0 Å². The molecule has 0 aliphatic heterocycles. The van der Waals surface area contributed by atoms with Crippen LogP contribution in [0.1, 0.15) is 11.4 Å². The van der Waals surface area contributed by atoms with Gasteiger partial charge in [-0.05, 0) is 58.0 Å². The maximum absolute atomic E-state index is 6.38. The topological polar surface area (TPSA) is 69.9 Å². The number of hydrogen-bond acceptors (Lipinski definition) is 4. The van der Waals surface area contributed by atoms with E-state index in [0.717, 1.165) is 46.3 Å². The first-order valence-corrected chi connectivity index (χ1v) is 10.9. The smallest absolute Gasteiger partial charge is 0.113 e. The second-order valence-corrected chi connectivity index (χ2v) is 8.14. The number of aryl methyl sites for hydroxylation is 2. The summed E-state index contributed by atoms with van der Waals surface area (Å²) in [4.78, 5) is 4.56. The van der Waals surface area contributed by atoms with E-state index in [4.69, 9.17) is 11.5 Å². The molecule has 4 nitrogen and oxygen atoms in total. The molecule has 5 rings (SSSR count). The highest BCUT2D eigenvalue weighted by Gasteiger charge is 2.11. The quantitative estimate of drug-likeness (QED) is 0.365. The van der Waals surface area contributed by atoms with Crippen LogP contribution in [0, 0.1) is 0 Å². The minimum atomic E-state index is 0.625. The minimum absolute atomic E-state index is 0.625. The van der Waals surface area contributed by atoms with Gasteiger partial charge in [0.1, 0.15) is 5.82 Å². The highest BCUT2D eigenvalue weighted by atomic mass is 32.1. The van der Waals surface area contributed by atoms with E-state index in [2.05, 4.69) is 62.8 Å². The van der Waals surface area contributed by atoms with Crippen molar-refractivity contribution in [1.82, 2.24) is 9.55 Å². The fourth-order valence-electron chi connectivity index (χ4n) is 3.88. The number of rotatable bonds is 5. The molecule has 0 spiro atoms. The minimum Gasteiger partial charge on any atom is -0.397 e. The molecule has 5 aromatic rings. The third kappa shape index (κ3) is 3.33. The van der Waals surface area contributed by atoms with E-state index in [9.17, 15) is 0 Å². The zero-order chi connectivity index (χ0) is 20.5. The molecule has 0 amide bonds. The van der Waals surface area contributed by atoms with Gasteiger partial charge in [0.15, 0.2) is 0 Å². The van der Waals surface area contributed by atoms with Crippen molar-refractivity contribution in [2.75, 3.05) is 11.5 Å². The average Bonchev–Trinajstić information content (AvgIpc) is 3.47. The molecule has 0 saturated carbocycles. The van der Waals surface area contributed by atoms with Gasteiger partial charge >= 0.3 is 0 Å². The number of aromatic nitrogens is 2. The molecule has 4 N–H and O–H groups in total. The van der Waals surface area contributed by atoms with Gasteiger partial charge in [0.05, 0.1) is 11.4 Å². The summed E-state index contributed by atoms with van der Waals surface area (Å²) in [6, 6.07) is 20.8. The van der Waals surface area contributed by atoms with E-state index in [-0.39, 0.29) is 0 Å². The summed E-state index contributed by atoms with van der Waals surface area (Å²) in [5, 5.41) is 6.39. The Kier molecular flexibility index (Phi) is 4.73. The molecular formula is C25H22N4S. The van der Waals surface area contributed by atoms with Crippen molar-refractivity contribution in [2.45, 2.75) is 12.8 Å². The Bertz CT molecular complexity index is 1300. The van der Waals surface area contributed by atoms with Crippen molar-refractivity contribution in [3.05, 3.63) is 95.2 Å². The molecule has 2 aromatic heterocycles. The third-order valence-electron chi connectivity index (χ3n) is 5.52. The first-order chi connectivity index (χ1) is 14.7. The number of imidazole rings is 1. The van der Waals surface area contributed by atoms with Crippen molar-refractivity contribution in [1.29, 1.82) is 0 Å². The molecule has 0 atom stereocenters. The summed E-state index contributed by atoms with van der Waals surface area (Å²) in [5.41, 5.74) is 18.4. The number of benzene rings is 3.